The predicted octanol–water partition coefficient (Wildman–Crippen LogP) is 4.47. The molecule has 0 saturated heterocycles. The van der Waals surface area contributed by atoms with Crippen molar-refractivity contribution in [3.8, 4) is 0 Å². The Morgan fingerprint density at radius 1 is 0.636 bits per heavy atom. The molecule has 2 atom stereocenters. The first-order valence-corrected chi connectivity index (χ1v) is 7.61. The van der Waals surface area contributed by atoms with E-state index in [1.165, 1.54) is 0 Å². The van der Waals surface area contributed by atoms with Crippen molar-refractivity contribution >= 4 is 31.9 Å². The van der Waals surface area contributed by atoms with Gasteiger partial charge in [0.15, 0.2) is 0 Å². The number of benzene rings is 2. The van der Waals surface area contributed by atoms with E-state index in [4.69, 9.17) is 11.5 Å². The highest BCUT2D eigenvalue weighted by molar-refractivity contribution is 9.10. The largest absolute Gasteiger partial charge is 0.322 e. The number of nitrogens with two attached hydrogens (primary N) is 2. The van der Waals surface area contributed by atoms with Crippen LogP contribution in [-0.2, 0) is 0 Å². The lowest BCUT2D eigenvalue weighted by Gasteiger charge is -2.22. The molecule has 0 aliphatic carbocycles. The Bertz CT molecular complexity index is 663. The molecule has 0 bridgehead atoms. The number of halogens is 6. The SMILES string of the molecule is NC(c1cc(F)c(Br)cc1F)C(N)c1cc(F)c(Br)cc1F. The Balaban J connectivity index is 2.43. The van der Waals surface area contributed by atoms with Gasteiger partial charge >= 0.3 is 0 Å². The van der Waals surface area contributed by atoms with E-state index in [0.29, 0.717) is 0 Å². The van der Waals surface area contributed by atoms with Gasteiger partial charge in [0.1, 0.15) is 23.3 Å². The second kappa shape index (κ2) is 6.66. The highest BCUT2D eigenvalue weighted by Crippen LogP contribution is 2.32. The Kier molecular flexibility index (Phi) is 5.26. The molecule has 4 N–H and O–H groups in total. The van der Waals surface area contributed by atoms with Crippen LogP contribution in [0.2, 0.25) is 0 Å². The van der Waals surface area contributed by atoms with E-state index in [1.54, 1.807) is 0 Å². The van der Waals surface area contributed by atoms with Gasteiger partial charge in [0, 0.05) is 11.1 Å². The van der Waals surface area contributed by atoms with Crippen LogP contribution in [0.1, 0.15) is 23.2 Å². The smallest absolute Gasteiger partial charge is 0.137 e. The molecule has 2 aromatic rings. The van der Waals surface area contributed by atoms with Gasteiger partial charge in [-0.2, -0.15) is 0 Å². The van der Waals surface area contributed by atoms with E-state index in [0.717, 1.165) is 24.3 Å². The normalized spacial score (nSPS) is 14.0. The Morgan fingerprint density at radius 3 is 1.27 bits per heavy atom. The third-order valence-electron chi connectivity index (χ3n) is 3.18. The van der Waals surface area contributed by atoms with Gasteiger partial charge in [0.05, 0.1) is 21.0 Å². The fourth-order valence-electron chi connectivity index (χ4n) is 1.97. The highest BCUT2D eigenvalue weighted by Gasteiger charge is 2.25. The van der Waals surface area contributed by atoms with Crippen molar-refractivity contribution in [3.63, 3.8) is 0 Å². The van der Waals surface area contributed by atoms with Crippen LogP contribution in [0.5, 0.6) is 0 Å². The molecule has 0 saturated carbocycles. The van der Waals surface area contributed by atoms with Gasteiger partial charge in [-0.15, -0.1) is 0 Å². The van der Waals surface area contributed by atoms with Crippen molar-refractivity contribution < 1.29 is 17.6 Å². The monoisotopic (exact) mass is 440 g/mol. The summed E-state index contributed by atoms with van der Waals surface area (Å²) in [7, 11) is 0. The first-order chi connectivity index (χ1) is 10.2. The summed E-state index contributed by atoms with van der Waals surface area (Å²) in [6, 6.07) is 1.04. The standard InChI is InChI=1S/C14H10Br2F4N2/c15-7-3-9(17)5(1-11(7)19)13(21)14(22)6-2-12(20)8(16)4-10(6)18/h1-4,13-14H,21-22H2. The van der Waals surface area contributed by atoms with Gasteiger partial charge in [-0.3, -0.25) is 0 Å². The third-order valence-corrected chi connectivity index (χ3v) is 4.40. The summed E-state index contributed by atoms with van der Waals surface area (Å²) in [5.41, 5.74) is 11.1. The maximum absolute atomic E-state index is 13.9. The van der Waals surface area contributed by atoms with Gasteiger partial charge in [-0.1, -0.05) is 0 Å². The van der Waals surface area contributed by atoms with Crippen LogP contribution in [0.25, 0.3) is 0 Å². The molecule has 2 rings (SSSR count). The van der Waals surface area contributed by atoms with Crippen LogP contribution < -0.4 is 11.5 Å². The van der Waals surface area contributed by atoms with E-state index in [2.05, 4.69) is 31.9 Å². The summed E-state index contributed by atoms with van der Waals surface area (Å²) in [5.74, 6) is -3.06. The van der Waals surface area contributed by atoms with Crippen LogP contribution in [0.15, 0.2) is 33.2 Å². The summed E-state index contributed by atoms with van der Waals surface area (Å²) in [6.07, 6.45) is 0. The fourth-order valence-corrected chi connectivity index (χ4v) is 2.60. The van der Waals surface area contributed by atoms with Gasteiger partial charge in [-0.05, 0) is 56.1 Å². The molecule has 0 heterocycles. The van der Waals surface area contributed by atoms with Crippen molar-refractivity contribution in [2.75, 3.05) is 0 Å². The molecule has 0 aliphatic rings. The zero-order valence-electron chi connectivity index (χ0n) is 10.9. The first-order valence-electron chi connectivity index (χ1n) is 6.02. The maximum atomic E-state index is 13.9. The molecular formula is C14H10Br2F4N2. The van der Waals surface area contributed by atoms with Crippen molar-refractivity contribution in [1.29, 1.82) is 0 Å². The van der Waals surface area contributed by atoms with Crippen LogP contribution in [-0.4, -0.2) is 0 Å². The summed E-state index contributed by atoms with van der Waals surface area (Å²) >= 11 is 5.68. The lowest BCUT2D eigenvalue weighted by atomic mass is 9.94. The van der Waals surface area contributed by atoms with Crippen LogP contribution in [0.4, 0.5) is 17.6 Å². The molecule has 0 amide bonds. The van der Waals surface area contributed by atoms with Crippen LogP contribution >= 0.6 is 31.9 Å². The number of hydrogen-bond acceptors (Lipinski definition) is 2. The van der Waals surface area contributed by atoms with Gasteiger partial charge < -0.3 is 11.5 Å². The highest BCUT2D eigenvalue weighted by atomic mass is 79.9. The molecular weight excluding hydrogens is 432 g/mol. The minimum Gasteiger partial charge on any atom is -0.322 e. The summed E-state index contributed by atoms with van der Waals surface area (Å²) in [6.45, 7) is 0. The van der Waals surface area contributed by atoms with E-state index in [-0.39, 0.29) is 20.1 Å². The summed E-state index contributed by atoms with van der Waals surface area (Å²) < 4.78 is 54.7. The van der Waals surface area contributed by atoms with Crippen molar-refractivity contribution in [3.05, 3.63) is 67.6 Å². The number of hydrogen-bond donors (Lipinski definition) is 2. The van der Waals surface area contributed by atoms with E-state index >= 15 is 0 Å². The molecule has 0 radical (unpaired) electrons. The molecule has 0 fully saturated rings. The second-order valence-corrected chi connectivity index (χ2v) is 6.34. The lowest BCUT2D eigenvalue weighted by molar-refractivity contribution is 0.490. The molecule has 0 aliphatic heterocycles. The van der Waals surface area contributed by atoms with Crippen LogP contribution in [0.3, 0.4) is 0 Å². The van der Waals surface area contributed by atoms with Crippen molar-refractivity contribution in [1.82, 2.24) is 0 Å². The van der Waals surface area contributed by atoms with Crippen molar-refractivity contribution in [2.24, 2.45) is 11.5 Å². The maximum Gasteiger partial charge on any atom is 0.137 e. The average Bonchev–Trinajstić information content (AvgIpc) is 2.45. The molecule has 2 aromatic carbocycles. The van der Waals surface area contributed by atoms with Gasteiger partial charge in [0.2, 0.25) is 0 Å². The Labute approximate surface area is 140 Å². The minimum absolute atomic E-state index is 0.0737. The lowest BCUT2D eigenvalue weighted by Crippen LogP contribution is -2.28. The van der Waals surface area contributed by atoms with Gasteiger partial charge in [-0.25, -0.2) is 17.6 Å². The zero-order valence-corrected chi connectivity index (χ0v) is 14.1. The minimum atomic E-state index is -1.25. The Hall–Kier alpha value is -0.960. The van der Waals surface area contributed by atoms with E-state index < -0.39 is 35.4 Å². The molecule has 118 valence electrons. The van der Waals surface area contributed by atoms with E-state index in [1.807, 2.05) is 0 Å². The molecule has 0 aromatic heterocycles. The summed E-state index contributed by atoms with van der Waals surface area (Å²) in [4.78, 5) is 0. The van der Waals surface area contributed by atoms with Crippen molar-refractivity contribution in [2.45, 2.75) is 12.1 Å². The van der Waals surface area contributed by atoms with Gasteiger partial charge in [0.25, 0.3) is 0 Å². The fraction of sp³-hybridized carbons (Fsp3) is 0.143. The van der Waals surface area contributed by atoms with Crippen LogP contribution in [0, 0.1) is 23.3 Å². The topological polar surface area (TPSA) is 52.0 Å². The molecule has 8 heteroatoms. The second-order valence-electron chi connectivity index (χ2n) is 4.63. The molecule has 2 unspecified atom stereocenters. The first kappa shape index (κ1) is 17.4. The summed E-state index contributed by atoms with van der Waals surface area (Å²) in [5, 5.41) is 0. The Morgan fingerprint density at radius 2 is 0.955 bits per heavy atom. The molecule has 2 nitrogen and oxygen atoms in total. The predicted molar refractivity (Wildman–Crippen MR) is 82.0 cm³/mol. The molecule has 22 heavy (non-hydrogen) atoms. The van der Waals surface area contributed by atoms with E-state index in [9.17, 15) is 17.6 Å². The number of rotatable bonds is 3. The average molecular weight is 442 g/mol. The quantitative estimate of drug-likeness (QED) is 0.545. The zero-order chi connectivity index (χ0) is 16.6. The third kappa shape index (κ3) is 3.34. The molecule has 0 spiro atoms.